The average molecular weight is 277 g/mol. The molecule has 1 heterocycles. The number of anilines is 1. The lowest BCUT2D eigenvalue weighted by Crippen LogP contribution is -2.02. The van der Waals surface area contributed by atoms with E-state index < -0.39 is 0 Å². The molecule has 4 heteroatoms. The number of aryl methyl sites for hydroxylation is 1. The summed E-state index contributed by atoms with van der Waals surface area (Å²) in [6.45, 7) is 3.37. The summed E-state index contributed by atoms with van der Waals surface area (Å²) in [6, 6.07) is 10.2. The van der Waals surface area contributed by atoms with Crippen LogP contribution in [0.1, 0.15) is 16.7 Å². The molecule has 0 amide bonds. The molecule has 0 saturated carbocycles. The lowest BCUT2D eigenvalue weighted by Gasteiger charge is -2.11. The molecular formula is C15H17ClN2O. The van der Waals surface area contributed by atoms with Crippen LogP contribution in [0.25, 0.3) is 0 Å². The highest BCUT2D eigenvalue weighted by atomic mass is 35.5. The molecule has 2 rings (SSSR count). The fourth-order valence-corrected chi connectivity index (χ4v) is 2.12. The van der Waals surface area contributed by atoms with Gasteiger partial charge in [-0.05, 0) is 29.7 Å². The van der Waals surface area contributed by atoms with Crippen molar-refractivity contribution in [3.8, 4) is 0 Å². The maximum atomic E-state index is 6.07. The van der Waals surface area contributed by atoms with Crippen LogP contribution in [0.2, 0.25) is 5.15 Å². The van der Waals surface area contributed by atoms with Gasteiger partial charge in [-0.1, -0.05) is 35.9 Å². The van der Waals surface area contributed by atoms with Crippen LogP contribution in [0.3, 0.4) is 0 Å². The van der Waals surface area contributed by atoms with Gasteiger partial charge in [-0.2, -0.15) is 0 Å². The van der Waals surface area contributed by atoms with Gasteiger partial charge in [-0.3, -0.25) is 0 Å². The molecule has 0 unspecified atom stereocenters. The maximum absolute atomic E-state index is 6.07. The van der Waals surface area contributed by atoms with Gasteiger partial charge in [0, 0.05) is 19.9 Å². The van der Waals surface area contributed by atoms with Crippen LogP contribution < -0.4 is 5.32 Å². The number of benzene rings is 1. The van der Waals surface area contributed by atoms with E-state index in [9.17, 15) is 0 Å². The van der Waals surface area contributed by atoms with E-state index in [2.05, 4.69) is 34.6 Å². The number of ether oxygens (including phenoxy) is 1. The van der Waals surface area contributed by atoms with Crippen molar-refractivity contribution in [2.45, 2.75) is 20.1 Å². The Labute approximate surface area is 118 Å². The topological polar surface area (TPSA) is 34.1 Å². The molecule has 0 radical (unpaired) electrons. The number of rotatable bonds is 5. The molecule has 0 bridgehead atoms. The van der Waals surface area contributed by atoms with Gasteiger partial charge in [0.15, 0.2) is 5.15 Å². The zero-order valence-electron chi connectivity index (χ0n) is 11.1. The van der Waals surface area contributed by atoms with E-state index in [4.69, 9.17) is 16.3 Å². The zero-order chi connectivity index (χ0) is 13.7. The summed E-state index contributed by atoms with van der Waals surface area (Å²) in [5.41, 5.74) is 4.35. The predicted octanol–water partition coefficient (Wildman–Crippen LogP) is 3.80. The quantitative estimate of drug-likeness (QED) is 0.844. The van der Waals surface area contributed by atoms with Crippen molar-refractivity contribution in [1.29, 1.82) is 0 Å². The molecule has 1 aromatic heterocycles. The van der Waals surface area contributed by atoms with E-state index >= 15 is 0 Å². The molecule has 1 N–H and O–H groups in total. The predicted molar refractivity (Wildman–Crippen MR) is 78.5 cm³/mol. The number of hydrogen-bond acceptors (Lipinski definition) is 3. The molecule has 19 heavy (non-hydrogen) atoms. The van der Waals surface area contributed by atoms with Gasteiger partial charge in [0.2, 0.25) is 0 Å². The summed E-state index contributed by atoms with van der Waals surface area (Å²) in [5, 5.41) is 3.83. The van der Waals surface area contributed by atoms with Crippen LogP contribution in [0.4, 0.5) is 5.69 Å². The molecular weight excluding hydrogens is 260 g/mol. The van der Waals surface area contributed by atoms with Crippen molar-refractivity contribution < 1.29 is 4.74 Å². The van der Waals surface area contributed by atoms with Crippen molar-refractivity contribution in [3.63, 3.8) is 0 Å². The molecule has 0 spiro atoms. The summed E-state index contributed by atoms with van der Waals surface area (Å²) in [7, 11) is 1.70. The standard InChI is InChI=1S/C15H17ClN2O/c1-11-7-8-17-15(16)14(11)18-9-12-3-5-13(6-4-12)10-19-2/h3-8,18H,9-10H2,1-2H3. The SMILES string of the molecule is COCc1ccc(CNc2c(C)ccnc2Cl)cc1. The number of methoxy groups -OCH3 is 1. The van der Waals surface area contributed by atoms with Gasteiger partial charge in [-0.25, -0.2) is 4.98 Å². The van der Waals surface area contributed by atoms with Gasteiger partial charge in [0.05, 0.1) is 12.3 Å². The third kappa shape index (κ3) is 3.69. The first-order chi connectivity index (χ1) is 9.20. The Balaban J connectivity index is 2.02. The summed E-state index contributed by atoms with van der Waals surface area (Å²) < 4.78 is 5.09. The largest absolute Gasteiger partial charge is 0.380 e. The van der Waals surface area contributed by atoms with Crippen LogP contribution in [0, 0.1) is 6.92 Å². The molecule has 0 fully saturated rings. The maximum Gasteiger partial charge on any atom is 0.152 e. The third-order valence-corrected chi connectivity index (χ3v) is 3.20. The lowest BCUT2D eigenvalue weighted by molar-refractivity contribution is 0.185. The smallest absolute Gasteiger partial charge is 0.152 e. The molecule has 1 aromatic carbocycles. The molecule has 100 valence electrons. The molecule has 0 atom stereocenters. The van der Waals surface area contributed by atoms with E-state index in [0.717, 1.165) is 17.8 Å². The minimum Gasteiger partial charge on any atom is -0.380 e. The first kappa shape index (κ1) is 13.8. The third-order valence-electron chi connectivity index (χ3n) is 2.92. The van der Waals surface area contributed by atoms with Crippen LogP contribution in [-0.4, -0.2) is 12.1 Å². The van der Waals surface area contributed by atoms with Crippen LogP contribution in [-0.2, 0) is 17.9 Å². The Hall–Kier alpha value is -1.58. The summed E-state index contributed by atoms with van der Waals surface area (Å²) >= 11 is 6.07. The zero-order valence-corrected chi connectivity index (χ0v) is 11.9. The van der Waals surface area contributed by atoms with Crippen molar-refractivity contribution >= 4 is 17.3 Å². The average Bonchev–Trinajstić information content (AvgIpc) is 2.40. The first-order valence-corrected chi connectivity index (χ1v) is 6.50. The molecule has 0 aliphatic heterocycles. The van der Waals surface area contributed by atoms with E-state index in [1.807, 2.05) is 13.0 Å². The number of nitrogens with one attached hydrogen (secondary N) is 1. The van der Waals surface area contributed by atoms with E-state index in [-0.39, 0.29) is 0 Å². The Kier molecular flexibility index (Phi) is 4.77. The fraction of sp³-hybridized carbons (Fsp3) is 0.267. The van der Waals surface area contributed by atoms with Crippen LogP contribution >= 0.6 is 11.6 Å². The Morgan fingerprint density at radius 2 is 1.84 bits per heavy atom. The molecule has 0 saturated heterocycles. The highest BCUT2D eigenvalue weighted by Crippen LogP contribution is 2.23. The first-order valence-electron chi connectivity index (χ1n) is 6.12. The van der Waals surface area contributed by atoms with E-state index in [1.165, 1.54) is 11.1 Å². The molecule has 2 aromatic rings. The van der Waals surface area contributed by atoms with Gasteiger partial charge < -0.3 is 10.1 Å². The second-order valence-corrected chi connectivity index (χ2v) is 4.75. The van der Waals surface area contributed by atoms with Crippen LogP contribution in [0.5, 0.6) is 0 Å². The number of pyridine rings is 1. The number of aromatic nitrogens is 1. The highest BCUT2D eigenvalue weighted by molar-refractivity contribution is 6.32. The second-order valence-electron chi connectivity index (χ2n) is 4.40. The van der Waals surface area contributed by atoms with Gasteiger partial charge in [0.25, 0.3) is 0 Å². The van der Waals surface area contributed by atoms with Crippen molar-refractivity contribution in [3.05, 3.63) is 58.4 Å². The van der Waals surface area contributed by atoms with Crippen molar-refractivity contribution in [1.82, 2.24) is 4.98 Å². The molecule has 3 nitrogen and oxygen atoms in total. The fourth-order valence-electron chi connectivity index (χ4n) is 1.85. The Morgan fingerprint density at radius 3 is 2.47 bits per heavy atom. The van der Waals surface area contributed by atoms with Gasteiger partial charge in [-0.15, -0.1) is 0 Å². The highest BCUT2D eigenvalue weighted by Gasteiger charge is 2.04. The number of hydrogen-bond donors (Lipinski definition) is 1. The van der Waals surface area contributed by atoms with Crippen LogP contribution in [0.15, 0.2) is 36.5 Å². The molecule has 0 aliphatic carbocycles. The number of halogens is 1. The number of nitrogens with zero attached hydrogens (tertiary/aromatic N) is 1. The summed E-state index contributed by atoms with van der Waals surface area (Å²) in [4.78, 5) is 4.08. The lowest BCUT2D eigenvalue weighted by atomic mass is 10.1. The minimum absolute atomic E-state index is 0.510. The van der Waals surface area contributed by atoms with Gasteiger partial charge >= 0.3 is 0 Å². The minimum atomic E-state index is 0.510. The van der Waals surface area contributed by atoms with E-state index in [0.29, 0.717) is 11.8 Å². The Bertz CT molecular complexity index is 520. The molecule has 0 aliphatic rings. The van der Waals surface area contributed by atoms with Crippen molar-refractivity contribution in [2.24, 2.45) is 0 Å². The second kappa shape index (κ2) is 6.55. The monoisotopic (exact) mass is 276 g/mol. The summed E-state index contributed by atoms with van der Waals surface area (Å²) in [6.07, 6.45) is 1.71. The van der Waals surface area contributed by atoms with Gasteiger partial charge in [0.1, 0.15) is 0 Å². The van der Waals surface area contributed by atoms with Crippen molar-refractivity contribution in [2.75, 3.05) is 12.4 Å². The normalized spacial score (nSPS) is 10.5. The van der Waals surface area contributed by atoms with E-state index in [1.54, 1.807) is 13.3 Å². The Morgan fingerprint density at radius 1 is 1.16 bits per heavy atom. The summed E-state index contributed by atoms with van der Waals surface area (Å²) in [5.74, 6) is 0.